The molecule has 2 aromatic heterocycles. The molecule has 5 nitrogen and oxygen atoms in total. The largest absolute Gasteiger partial charge is 0.481 e. The molecule has 2 N–H and O–H groups in total. The Morgan fingerprint density at radius 2 is 1.86 bits per heavy atom. The minimum absolute atomic E-state index is 0.110. The zero-order valence-corrected chi connectivity index (χ0v) is 12.3. The fourth-order valence-corrected chi connectivity index (χ4v) is 2.47. The van der Waals surface area contributed by atoms with Crippen LogP contribution in [0.3, 0.4) is 0 Å². The molecule has 0 radical (unpaired) electrons. The van der Waals surface area contributed by atoms with E-state index < -0.39 is 5.82 Å². The van der Waals surface area contributed by atoms with Gasteiger partial charge >= 0.3 is 0 Å². The van der Waals surface area contributed by atoms with Crippen molar-refractivity contribution < 1.29 is 9.13 Å². The zero-order chi connectivity index (χ0) is 15.1. The maximum Gasteiger partial charge on any atom is 0.215 e. The standard InChI is InChI=1S/C13H9Cl2FN4O/c1-21-10-3-2-9-12(19-10)20(13(17)18-9)6-4-7(14)11(16)8(15)5-6/h2-5H,1H3,(H2,17,18). The first-order valence-electron chi connectivity index (χ1n) is 5.85. The van der Waals surface area contributed by atoms with Crippen LogP contribution in [0.5, 0.6) is 5.88 Å². The molecule has 3 rings (SSSR count). The summed E-state index contributed by atoms with van der Waals surface area (Å²) in [6.07, 6.45) is 0. The fourth-order valence-electron chi connectivity index (χ4n) is 2.00. The average Bonchev–Trinajstić information content (AvgIpc) is 2.79. The van der Waals surface area contributed by atoms with Crippen LogP contribution in [0.2, 0.25) is 10.0 Å². The summed E-state index contributed by atoms with van der Waals surface area (Å²) in [6.45, 7) is 0. The molecule has 8 heteroatoms. The van der Waals surface area contributed by atoms with E-state index in [1.165, 1.54) is 23.8 Å². The van der Waals surface area contributed by atoms with Gasteiger partial charge in [0.2, 0.25) is 11.8 Å². The number of hydrogen-bond acceptors (Lipinski definition) is 4. The Labute approximate surface area is 129 Å². The van der Waals surface area contributed by atoms with Gasteiger partial charge < -0.3 is 10.5 Å². The third-order valence-corrected chi connectivity index (χ3v) is 3.49. The topological polar surface area (TPSA) is 66.0 Å². The Morgan fingerprint density at radius 1 is 1.19 bits per heavy atom. The molecule has 0 fully saturated rings. The second-order valence-electron chi connectivity index (χ2n) is 4.23. The molecule has 0 aliphatic carbocycles. The van der Waals surface area contributed by atoms with Gasteiger partial charge in [-0.15, -0.1) is 0 Å². The van der Waals surface area contributed by atoms with E-state index in [0.717, 1.165) is 0 Å². The monoisotopic (exact) mass is 326 g/mol. The maximum atomic E-state index is 13.5. The second kappa shape index (κ2) is 5.05. The van der Waals surface area contributed by atoms with E-state index in [1.54, 1.807) is 12.1 Å². The van der Waals surface area contributed by atoms with Crippen LogP contribution in [0.4, 0.5) is 10.3 Å². The maximum absolute atomic E-state index is 13.5. The van der Waals surface area contributed by atoms with Gasteiger partial charge in [-0.25, -0.2) is 9.37 Å². The van der Waals surface area contributed by atoms with E-state index in [2.05, 4.69) is 9.97 Å². The van der Waals surface area contributed by atoms with E-state index in [0.29, 0.717) is 22.7 Å². The molecule has 0 spiro atoms. The smallest absolute Gasteiger partial charge is 0.215 e. The van der Waals surface area contributed by atoms with Gasteiger partial charge in [0.1, 0.15) is 5.52 Å². The lowest BCUT2D eigenvalue weighted by molar-refractivity contribution is 0.399. The van der Waals surface area contributed by atoms with Crippen LogP contribution in [0, 0.1) is 5.82 Å². The van der Waals surface area contributed by atoms with E-state index in [4.69, 9.17) is 33.7 Å². The van der Waals surface area contributed by atoms with Crippen LogP contribution in [-0.2, 0) is 0 Å². The SMILES string of the molecule is COc1ccc2nc(N)n(-c3cc(Cl)c(F)c(Cl)c3)c2n1. The number of imidazole rings is 1. The number of fused-ring (bicyclic) bond motifs is 1. The molecule has 0 saturated heterocycles. The fraction of sp³-hybridized carbons (Fsp3) is 0.0769. The third kappa shape index (κ3) is 2.26. The number of hydrogen-bond donors (Lipinski definition) is 1. The molecule has 0 saturated carbocycles. The minimum atomic E-state index is -0.685. The lowest BCUT2D eigenvalue weighted by Crippen LogP contribution is -2.02. The molecule has 3 aromatic rings. The van der Waals surface area contributed by atoms with Crippen molar-refractivity contribution in [3.05, 3.63) is 40.1 Å². The summed E-state index contributed by atoms with van der Waals surface area (Å²) in [4.78, 5) is 8.48. The van der Waals surface area contributed by atoms with Crippen molar-refractivity contribution in [2.24, 2.45) is 0 Å². The van der Waals surface area contributed by atoms with Crippen molar-refractivity contribution in [3.8, 4) is 11.6 Å². The van der Waals surface area contributed by atoms with E-state index in [9.17, 15) is 4.39 Å². The highest BCUT2D eigenvalue weighted by Gasteiger charge is 2.15. The normalized spacial score (nSPS) is 11.0. The molecule has 0 aliphatic heterocycles. The molecule has 1 aromatic carbocycles. The van der Waals surface area contributed by atoms with Crippen molar-refractivity contribution in [2.75, 3.05) is 12.8 Å². The lowest BCUT2D eigenvalue weighted by atomic mass is 10.3. The summed E-state index contributed by atoms with van der Waals surface area (Å²) in [7, 11) is 1.50. The Kier molecular flexibility index (Phi) is 3.35. The molecule has 0 aliphatic rings. The molecular weight excluding hydrogens is 318 g/mol. The molecule has 0 atom stereocenters. The molecule has 2 heterocycles. The first kappa shape index (κ1) is 13.9. The Bertz CT molecular complexity index is 827. The van der Waals surface area contributed by atoms with E-state index in [1.807, 2.05) is 0 Å². The lowest BCUT2D eigenvalue weighted by Gasteiger charge is -2.08. The summed E-state index contributed by atoms with van der Waals surface area (Å²) in [5.74, 6) is -0.0944. The van der Waals surface area contributed by atoms with Gasteiger partial charge in [-0.2, -0.15) is 4.98 Å². The number of nitrogens with zero attached hydrogens (tertiary/aromatic N) is 3. The highest BCUT2D eigenvalue weighted by Crippen LogP contribution is 2.30. The molecule has 108 valence electrons. The number of anilines is 1. The number of pyridine rings is 1. The number of nitrogen functional groups attached to an aromatic ring is 1. The molecule has 0 amide bonds. The first-order chi connectivity index (χ1) is 10.0. The van der Waals surface area contributed by atoms with Crippen LogP contribution < -0.4 is 10.5 Å². The summed E-state index contributed by atoms with van der Waals surface area (Å²) in [5.41, 5.74) is 7.41. The minimum Gasteiger partial charge on any atom is -0.481 e. The van der Waals surface area contributed by atoms with Gasteiger partial charge in [-0.3, -0.25) is 4.57 Å². The number of halogens is 3. The van der Waals surface area contributed by atoms with Gasteiger partial charge in [0.25, 0.3) is 0 Å². The molecule has 0 unspecified atom stereocenters. The number of rotatable bonds is 2. The predicted octanol–water partition coefficient (Wildman–Crippen LogP) is 3.46. The van der Waals surface area contributed by atoms with Crippen molar-refractivity contribution in [1.29, 1.82) is 0 Å². The van der Waals surface area contributed by atoms with Gasteiger partial charge in [-0.05, 0) is 18.2 Å². The predicted molar refractivity (Wildman–Crippen MR) is 79.8 cm³/mol. The quantitative estimate of drug-likeness (QED) is 0.732. The number of methoxy groups -OCH3 is 1. The highest BCUT2D eigenvalue weighted by atomic mass is 35.5. The summed E-state index contributed by atoms with van der Waals surface area (Å²) in [6, 6.07) is 6.20. The van der Waals surface area contributed by atoms with Crippen molar-refractivity contribution in [2.45, 2.75) is 0 Å². The Morgan fingerprint density at radius 3 is 2.48 bits per heavy atom. The van der Waals surface area contributed by atoms with Crippen molar-refractivity contribution in [1.82, 2.24) is 14.5 Å². The van der Waals surface area contributed by atoms with Crippen LogP contribution in [0.25, 0.3) is 16.9 Å². The van der Waals surface area contributed by atoms with Crippen LogP contribution >= 0.6 is 23.2 Å². The molecule has 0 bridgehead atoms. The second-order valence-corrected chi connectivity index (χ2v) is 5.04. The van der Waals surface area contributed by atoms with Gasteiger partial charge in [0.05, 0.1) is 22.8 Å². The van der Waals surface area contributed by atoms with E-state index >= 15 is 0 Å². The number of benzene rings is 1. The van der Waals surface area contributed by atoms with Crippen molar-refractivity contribution >= 4 is 40.3 Å². The third-order valence-electron chi connectivity index (χ3n) is 2.94. The van der Waals surface area contributed by atoms with E-state index in [-0.39, 0.29) is 16.0 Å². The summed E-state index contributed by atoms with van der Waals surface area (Å²) < 4.78 is 20.1. The summed E-state index contributed by atoms with van der Waals surface area (Å²) >= 11 is 11.6. The molecule has 21 heavy (non-hydrogen) atoms. The van der Waals surface area contributed by atoms with Gasteiger partial charge in [0, 0.05) is 6.07 Å². The zero-order valence-electron chi connectivity index (χ0n) is 10.8. The van der Waals surface area contributed by atoms with Crippen molar-refractivity contribution in [3.63, 3.8) is 0 Å². The number of ether oxygens (including phenoxy) is 1. The summed E-state index contributed by atoms with van der Waals surface area (Å²) in [5, 5.41) is -0.219. The molecular formula is C13H9Cl2FN4O. The number of nitrogens with two attached hydrogens (primary N) is 1. The van der Waals surface area contributed by atoms with Crippen LogP contribution in [0.15, 0.2) is 24.3 Å². The highest BCUT2D eigenvalue weighted by molar-refractivity contribution is 6.35. The van der Waals surface area contributed by atoms with Crippen LogP contribution in [-0.4, -0.2) is 21.6 Å². The van der Waals surface area contributed by atoms with Crippen LogP contribution in [0.1, 0.15) is 0 Å². The first-order valence-corrected chi connectivity index (χ1v) is 6.60. The number of aromatic nitrogens is 3. The van der Waals surface area contributed by atoms with Gasteiger partial charge in [-0.1, -0.05) is 23.2 Å². The Balaban J connectivity index is 2.31. The average molecular weight is 327 g/mol. The van der Waals surface area contributed by atoms with Gasteiger partial charge in [0.15, 0.2) is 11.5 Å². The Hall–Kier alpha value is -2.05.